The van der Waals surface area contributed by atoms with Gasteiger partial charge in [-0.1, -0.05) is 30.3 Å². The fourth-order valence-corrected chi connectivity index (χ4v) is 1.62. The van der Waals surface area contributed by atoms with Gasteiger partial charge in [0, 0.05) is 11.8 Å². The quantitative estimate of drug-likeness (QED) is 0.837. The van der Waals surface area contributed by atoms with Gasteiger partial charge in [-0.15, -0.1) is 0 Å². The number of hydrogen-bond acceptors (Lipinski definition) is 2. The number of nitrogens with one attached hydrogen (secondary N) is 1. The lowest BCUT2D eigenvalue weighted by molar-refractivity contribution is -0.111. The van der Waals surface area contributed by atoms with Crippen LogP contribution in [0.3, 0.4) is 0 Å². The maximum atomic E-state index is 11.7. The molecule has 4 heteroatoms. The average molecular weight is 267 g/mol. The summed E-state index contributed by atoms with van der Waals surface area (Å²) in [6.45, 7) is 0. The molecule has 2 rings (SSSR count). The summed E-state index contributed by atoms with van der Waals surface area (Å²) in [6.07, 6.45) is 3.14. The molecule has 4 nitrogen and oxygen atoms in total. The van der Waals surface area contributed by atoms with E-state index in [4.69, 9.17) is 5.11 Å². The second-order valence-corrected chi connectivity index (χ2v) is 4.12. The van der Waals surface area contributed by atoms with Gasteiger partial charge in [0.15, 0.2) is 0 Å². The lowest BCUT2D eigenvalue weighted by Gasteiger charge is -2.02. The second kappa shape index (κ2) is 6.33. The van der Waals surface area contributed by atoms with E-state index in [2.05, 4.69) is 5.32 Å². The Morgan fingerprint density at radius 3 is 2.20 bits per heavy atom. The normalized spacial score (nSPS) is 10.4. The van der Waals surface area contributed by atoms with Gasteiger partial charge in [-0.2, -0.15) is 0 Å². The molecule has 0 saturated heterocycles. The third-order valence-corrected chi connectivity index (χ3v) is 2.63. The van der Waals surface area contributed by atoms with E-state index in [0.29, 0.717) is 5.69 Å². The fourth-order valence-electron chi connectivity index (χ4n) is 1.62. The van der Waals surface area contributed by atoms with E-state index in [1.807, 2.05) is 30.3 Å². The molecule has 100 valence electrons. The zero-order valence-corrected chi connectivity index (χ0v) is 10.6. The first-order valence-corrected chi connectivity index (χ1v) is 6.02. The number of carboxylic acid groups (broad SMARTS) is 1. The minimum Gasteiger partial charge on any atom is -0.478 e. The second-order valence-electron chi connectivity index (χ2n) is 4.12. The Balaban J connectivity index is 1.98. The van der Waals surface area contributed by atoms with Crippen LogP contribution in [0.4, 0.5) is 5.69 Å². The lowest BCUT2D eigenvalue weighted by atomic mass is 10.2. The van der Waals surface area contributed by atoms with Crippen molar-refractivity contribution < 1.29 is 14.7 Å². The summed E-state index contributed by atoms with van der Waals surface area (Å²) in [5.41, 5.74) is 1.67. The number of carbonyl (C=O) groups excluding carboxylic acids is 1. The van der Waals surface area contributed by atoms with Gasteiger partial charge < -0.3 is 10.4 Å². The molecule has 20 heavy (non-hydrogen) atoms. The van der Waals surface area contributed by atoms with E-state index in [1.54, 1.807) is 18.2 Å². The minimum absolute atomic E-state index is 0.183. The first kappa shape index (κ1) is 13.5. The summed E-state index contributed by atoms with van der Waals surface area (Å²) < 4.78 is 0. The van der Waals surface area contributed by atoms with E-state index in [1.165, 1.54) is 18.2 Å². The predicted octanol–water partition coefficient (Wildman–Crippen LogP) is 3.04. The van der Waals surface area contributed by atoms with Crippen LogP contribution in [0.25, 0.3) is 6.08 Å². The molecule has 0 aliphatic carbocycles. The van der Waals surface area contributed by atoms with Crippen LogP contribution in [-0.2, 0) is 4.79 Å². The smallest absolute Gasteiger partial charge is 0.335 e. The van der Waals surface area contributed by atoms with Crippen LogP contribution in [0.2, 0.25) is 0 Å². The molecule has 0 heterocycles. The van der Waals surface area contributed by atoms with E-state index < -0.39 is 5.97 Å². The minimum atomic E-state index is -0.994. The van der Waals surface area contributed by atoms with E-state index >= 15 is 0 Å². The Labute approximate surface area is 116 Å². The Kier molecular flexibility index (Phi) is 4.29. The number of amides is 1. The van der Waals surface area contributed by atoms with Crippen molar-refractivity contribution >= 4 is 23.6 Å². The average Bonchev–Trinajstić information content (AvgIpc) is 2.47. The standard InChI is InChI=1S/C16H13NO3/c18-15(11-6-12-4-2-1-3-5-12)17-14-9-7-13(8-10-14)16(19)20/h1-11H,(H,17,18)(H,19,20)/b11-6+. The number of anilines is 1. The molecule has 0 atom stereocenters. The summed E-state index contributed by atoms with van der Waals surface area (Å²) >= 11 is 0. The van der Waals surface area contributed by atoms with Gasteiger partial charge in [-0.25, -0.2) is 4.79 Å². The molecule has 0 spiro atoms. The van der Waals surface area contributed by atoms with Crippen LogP contribution >= 0.6 is 0 Å². The molecule has 2 N–H and O–H groups in total. The van der Waals surface area contributed by atoms with Crippen molar-refractivity contribution in [1.29, 1.82) is 0 Å². The van der Waals surface area contributed by atoms with Crippen LogP contribution in [-0.4, -0.2) is 17.0 Å². The van der Waals surface area contributed by atoms with Crippen molar-refractivity contribution in [3.63, 3.8) is 0 Å². The Morgan fingerprint density at radius 1 is 0.950 bits per heavy atom. The lowest BCUT2D eigenvalue weighted by Crippen LogP contribution is -2.08. The van der Waals surface area contributed by atoms with Gasteiger partial charge in [0.2, 0.25) is 5.91 Å². The maximum absolute atomic E-state index is 11.7. The zero-order chi connectivity index (χ0) is 14.4. The van der Waals surface area contributed by atoms with E-state index in [-0.39, 0.29) is 11.5 Å². The summed E-state index contributed by atoms with van der Waals surface area (Å²) in [7, 11) is 0. The molecule has 0 aliphatic rings. The first-order valence-electron chi connectivity index (χ1n) is 6.02. The maximum Gasteiger partial charge on any atom is 0.335 e. The highest BCUT2D eigenvalue weighted by molar-refractivity contribution is 6.02. The summed E-state index contributed by atoms with van der Waals surface area (Å²) in [5.74, 6) is -1.26. The Morgan fingerprint density at radius 2 is 1.60 bits per heavy atom. The van der Waals surface area contributed by atoms with Crippen molar-refractivity contribution in [3.8, 4) is 0 Å². The third-order valence-electron chi connectivity index (χ3n) is 2.63. The third kappa shape index (κ3) is 3.81. The molecule has 0 bridgehead atoms. The zero-order valence-electron chi connectivity index (χ0n) is 10.6. The molecule has 0 aliphatic heterocycles. The van der Waals surface area contributed by atoms with Gasteiger partial charge in [0.25, 0.3) is 0 Å². The molecular weight excluding hydrogens is 254 g/mol. The molecule has 0 fully saturated rings. The summed E-state index contributed by atoms with van der Waals surface area (Å²) in [5, 5.41) is 11.4. The van der Waals surface area contributed by atoms with Crippen molar-refractivity contribution in [3.05, 3.63) is 71.8 Å². The van der Waals surface area contributed by atoms with Crippen LogP contribution in [0.1, 0.15) is 15.9 Å². The number of carboxylic acids is 1. The predicted molar refractivity (Wildman–Crippen MR) is 77.5 cm³/mol. The number of benzene rings is 2. The summed E-state index contributed by atoms with van der Waals surface area (Å²) in [4.78, 5) is 22.4. The fraction of sp³-hybridized carbons (Fsp3) is 0. The molecule has 0 aromatic heterocycles. The highest BCUT2D eigenvalue weighted by atomic mass is 16.4. The number of aromatic carboxylic acids is 1. The Hall–Kier alpha value is -2.88. The monoisotopic (exact) mass is 267 g/mol. The van der Waals surface area contributed by atoms with Crippen LogP contribution in [0, 0.1) is 0 Å². The SMILES string of the molecule is O=C(/C=C/c1ccccc1)Nc1ccc(C(=O)O)cc1. The molecule has 2 aromatic carbocycles. The van der Waals surface area contributed by atoms with Gasteiger partial charge in [-0.05, 0) is 35.9 Å². The van der Waals surface area contributed by atoms with Crippen molar-refractivity contribution in [2.45, 2.75) is 0 Å². The number of carbonyl (C=O) groups is 2. The van der Waals surface area contributed by atoms with Crippen molar-refractivity contribution in [2.24, 2.45) is 0 Å². The van der Waals surface area contributed by atoms with E-state index in [9.17, 15) is 9.59 Å². The Bertz CT molecular complexity index is 631. The topological polar surface area (TPSA) is 66.4 Å². The van der Waals surface area contributed by atoms with Crippen LogP contribution in [0.5, 0.6) is 0 Å². The van der Waals surface area contributed by atoms with Gasteiger partial charge >= 0.3 is 5.97 Å². The van der Waals surface area contributed by atoms with Crippen molar-refractivity contribution in [2.75, 3.05) is 5.32 Å². The molecular formula is C16H13NO3. The number of hydrogen-bond donors (Lipinski definition) is 2. The van der Waals surface area contributed by atoms with Gasteiger partial charge in [0.1, 0.15) is 0 Å². The highest BCUT2D eigenvalue weighted by Gasteiger charge is 2.02. The molecule has 1 amide bonds. The largest absolute Gasteiger partial charge is 0.478 e. The van der Waals surface area contributed by atoms with Crippen molar-refractivity contribution in [1.82, 2.24) is 0 Å². The summed E-state index contributed by atoms with van der Waals surface area (Å²) in [6, 6.07) is 15.5. The number of rotatable bonds is 4. The first-order chi connectivity index (χ1) is 9.65. The highest BCUT2D eigenvalue weighted by Crippen LogP contribution is 2.10. The van der Waals surface area contributed by atoms with Gasteiger partial charge in [-0.3, -0.25) is 4.79 Å². The van der Waals surface area contributed by atoms with Crippen LogP contribution < -0.4 is 5.32 Å². The molecule has 0 radical (unpaired) electrons. The molecule has 0 saturated carbocycles. The molecule has 0 unspecified atom stereocenters. The van der Waals surface area contributed by atoms with E-state index in [0.717, 1.165) is 5.56 Å². The van der Waals surface area contributed by atoms with Crippen LogP contribution in [0.15, 0.2) is 60.7 Å². The molecule has 2 aromatic rings. The van der Waals surface area contributed by atoms with Gasteiger partial charge in [0.05, 0.1) is 5.56 Å².